The van der Waals surface area contributed by atoms with Gasteiger partial charge in [0.2, 0.25) is 0 Å². The molecule has 2 saturated heterocycles. The number of ether oxygens (including phenoxy) is 2. The molecular weight excluding hydrogens is 304 g/mol. The number of hydrogen-bond donors (Lipinski definition) is 1. The predicted molar refractivity (Wildman–Crippen MR) is 92.9 cm³/mol. The van der Waals surface area contributed by atoms with E-state index in [0.717, 1.165) is 25.8 Å². The third-order valence-corrected chi connectivity index (χ3v) is 5.12. The van der Waals surface area contributed by atoms with E-state index in [4.69, 9.17) is 9.47 Å². The van der Waals surface area contributed by atoms with Crippen molar-refractivity contribution in [2.24, 2.45) is 5.92 Å². The Balaban J connectivity index is 1.46. The van der Waals surface area contributed by atoms with Gasteiger partial charge in [0.1, 0.15) is 0 Å². The Labute approximate surface area is 144 Å². The first-order chi connectivity index (χ1) is 11.6. The van der Waals surface area contributed by atoms with Crippen molar-refractivity contribution in [2.45, 2.75) is 38.9 Å². The van der Waals surface area contributed by atoms with Crippen molar-refractivity contribution in [2.75, 3.05) is 32.8 Å². The largest absolute Gasteiger partial charge is 0.347 e. The fraction of sp³-hybridized carbons (Fsp3) is 0.632. The van der Waals surface area contributed by atoms with E-state index in [1.54, 1.807) is 0 Å². The van der Waals surface area contributed by atoms with E-state index >= 15 is 0 Å². The average molecular weight is 332 g/mol. The zero-order valence-electron chi connectivity index (χ0n) is 14.7. The number of urea groups is 1. The van der Waals surface area contributed by atoms with E-state index in [1.807, 2.05) is 11.8 Å². The molecule has 5 nitrogen and oxygen atoms in total. The maximum Gasteiger partial charge on any atom is 0.317 e. The molecule has 5 heteroatoms. The third-order valence-electron chi connectivity index (χ3n) is 5.12. The minimum absolute atomic E-state index is 0.0217. The molecule has 0 aromatic heterocycles. The van der Waals surface area contributed by atoms with E-state index < -0.39 is 5.79 Å². The Morgan fingerprint density at radius 2 is 2.00 bits per heavy atom. The number of hydrogen-bond acceptors (Lipinski definition) is 3. The maximum atomic E-state index is 12.4. The molecule has 0 bridgehead atoms. The van der Waals surface area contributed by atoms with Gasteiger partial charge in [0.15, 0.2) is 5.79 Å². The molecule has 0 spiro atoms. The van der Waals surface area contributed by atoms with E-state index in [2.05, 4.69) is 36.5 Å². The van der Waals surface area contributed by atoms with Gasteiger partial charge in [-0.15, -0.1) is 0 Å². The highest BCUT2D eigenvalue weighted by Crippen LogP contribution is 2.34. The van der Waals surface area contributed by atoms with Gasteiger partial charge in [-0.05, 0) is 38.7 Å². The van der Waals surface area contributed by atoms with Gasteiger partial charge in [0.25, 0.3) is 0 Å². The molecule has 0 aliphatic carbocycles. The summed E-state index contributed by atoms with van der Waals surface area (Å²) < 4.78 is 11.6. The molecule has 2 aliphatic rings. The molecule has 1 aromatic carbocycles. The van der Waals surface area contributed by atoms with Crippen molar-refractivity contribution in [1.82, 2.24) is 10.2 Å². The fourth-order valence-electron chi connectivity index (χ4n) is 3.54. The van der Waals surface area contributed by atoms with Gasteiger partial charge in [-0.3, -0.25) is 0 Å². The normalized spacial score (nSPS) is 23.2. The van der Waals surface area contributed by atoms with Crippen LogP contribution in [0.4, 0.5) is 4.79 Å². The number of nitrogens with zero attached hydrogens (tertiary/aromatic N) is 1. The number of carbonyl (C=O) groups is 1. The van der Waals surface area contributed by atoms with Crippen LogP contribution in [0.15, 0.2) is 24.3 Å². The molecule has 0 unspecified atom stereocenters. The molecule has 24 heavy (non-hydrogen) atoms. The predicted octanol–water partition coefficient (Wildman–Crippen LogP) is 2.72. The molecule has 2 aliphatic heterocycles. The SMILES string of the molecule is Cc1ccc(CCNC(=O)N2CCC[C@H](C3(C)OCCO3)C2)cc1. The summed E-state index contributed by atoms with van der Waals surface area (Å²) in [7, 11) is 0. The van der Waals surface area contributed by atoms with Gasteiger partial charge in [-0.25, -0.2) is 4.79 Å². The number of amides is 2. The van der Waals surface area contributed by atoms with E-state index in [1.165, 1.54) is 11.1 Å². The minimum atomic E-state index is -0.527. The molecule has 2 amide bonds. The molecular formula is C19H28N2O3. The van der Waals surface area contributed by atoms with Crippen molar-refractivity contribution in [3.05, 3.63) is 35.4 Å². The maximum absolute atomic E-state index is 12.4. The van der Waals surface area contributed by atoms with Crippen LogP contribution in [0.2, 0.25) is 0 Å². The van der Waals surface area contributed by atoms with Gasteiger partial charge in [-0.1, -0.05) is 29.8 Å². The summed E-state index contributed by atoms with van der Waals surface area (Å²) in [6.45, 7) is 7.55. The Hall–Kier alpha value is -1.59. The number of likely N-dealkylation sites (tertiary alicyclic amines) is 1. The van der Waals surface area contributed by atoms with Gasteiger partial charge < -0.3 is 19.7 Å². The van der Waals surface area contributed by atoms with Crippen LogP contribution in [0, 0.1) is 12.8 Å². The summed E-state index contributed by atoms with van der Waals surface area (Å²) in [6.07, 6.45) is 2.90. The lowest BCUT2D eigenvalue weighted by Gasteiger charge is -2.39. The minimum Gasteiger partial charge on any atom is -0.347 e. The highest BCUT2D eigenvalue weighted by atomic mass is 16.7. The lowest BCUT2D eigenvalue weighted by atomic mass is 9.90. The summed E-state index contributed by atoms with van der Waals surface area (Å²) >= 11 is 0. The van der Waals surface area contributed by atoms with Crippen LogP contribution in [-0.2, 0) is 15.9 Å². The molecule has 132 valence electrons. The number of piperidine rings is 1. The van der Waals surface area contributed by atoms with Crippen LogP contribution in [0.25, 0.3) is 0 Å². The molecule has 0 saturated carbocycles. The number of aryl methyl sites for hydroxylation is 1. The zero-order chi connectivity index (χ0) is 17.0. The quantitative estimate of drug-likeness (QED) is 0.922. The fourth-order valence-corrected chi connectivity index (χ4v) is 3.54. The Kier molecular flexibility index (Phi) is 5.41. The second kappa shape index (κ2) is 7.53. The lowest BCUT2D eigenvalue weighted by molar-refractivity contribution is -0.189. The first-order valence-electron chi connectivity index (χ1n) is 8.93. The Morgan fingerprint density at radius 1 is 1.29 bits per heavy atom. The summed E-state index contributed by atoms with van der Waals surface area (Å²) in [5.41, 5.74) is 2.50. The zero-order valence-corrected chi connectivity index (χ0v) is 14.7. The summed E-state index contributed by atoms with van der Waals surface area (Å²) in [5, 5.41) is 3.04. The Morgan fingerprint density at radius 3 is 2.71 bits per heavy atom. The molecule has 1 N–H and O–H groups in total. The smallest absolute Gasteiger partial charge is 0.317 e. The van der Waals surface area contributed by atoms with Crippen molar-refractivity contribution in [3.8, 4) is 0 Å². The summed E-state index contributed by atoms with van der Waals surface area (Å²) in [6, 6.07) is 8.47. The molecule has 2 fully saturated rings. The van der Waals surface area contributed by atoms with Crippen LogP contribution in [0.3, 0.4) is 0 Å². The van der Waals surface area contributed by atoms with Crippen molar-refractivity contribution >= 4 is 6.03 Å². The van der Waals surface area contributed by atoms with Crippen molar-refractivity contribution < 1.29 is 14.3 Å². The van der Waals surface area contributed by atoms with Crippen molar-refractivity contribution in [1.29, 1.82) is 0 Å². The molecule has 0 radical (unpaired) electrons. The summed E-state index contributed by atoms with van der Waals surface area (Å²) in [4.78, 5) is 14.3. The Bertz CT molecular complexity index is 552. The highest BCUT2D eigenvalue weighted by Gasteiger charge is 2.42. The first kappa shape index (κ1) is 17.2. The lowest BCUT2D eigenvalue weighted by Crippen LogP contribution is -2.51. The molecule has 3 rings (SSSR count). The topological polar surface area (TPSA) is 50.8 Å². The van der Waals surface area contributed by atoms with Crippen molar-refractivity contribution in [3.63, 3.8) is 0 Å². The molecule has 2 heterocycles. The van der Waals surface area contributed by atoms with Gasteiger partial charge >= 0.3 is 6.03 Å². The number of carbonyl (C=O) groups excluding carboxylic acids is 1. The van der Waals surface area contributed by atoms with E-state index in [9.17, 15) is 4.79 Å². The van der Waals surface area contributed by atoms with Crippen LogP contribution in [-0.4, -0.2) is 49.6 Å². The van der Waals surface area contributed by atoms with Gasteiger partial charge in [-0.2, -0.15) is 0 Å². The second-order valence-electron chi connectivity index (χ2n) is 6.97. The molecule has 1 aromatic rings. The van der Waals surface area contributed by atoms with E-state index in [0.29, 0.717) is 26.3 Å². The average Bonchev–Trinajstić information content (AvgIpc) is 3.05. The van der Waals surface area contributed by atoms with Crippen LogP contribution >= 0.6 is 0 Å². The number of nitrogens with one attached hydrogen (secondary N) is 1. The van der Waals surface area contributed by atoms with Crippen LogP contribution < -0.4 is 5.32 Å². The standard InChI is InChI=1S/C19H28N2O3/c1-15-5-7-16(8-6-15)9-10-20-18(22)21-11-3-4-17(14-21)19(2)23-12-13-24-19/h5-8,17H,3-4,9-14H2,1-2H3,(H,20,22)/t17-/m0/s1. The second-order valence-corrected chi connectivity index (χ2v) is 6.97. The number of benzene rings is 1. The number of rotatable bonds is 4. The van der Waals surface area contributed by atoms with Gasteiger partial charge in [0, 0.05) is 25.6 Å². The monoisotopic (exact) mass is 332 g/mol. The first-order valence-corrected chi connectivity index (χ1v) is 8.93. The summed E-state index contributed by atoms with van der Waals surface area (Å²) in [5.74, 6) is -0.280. The van der Waals surface area contributed by atoms with Crippen LogP contribution in [0.1, 0.15) is 30.9 Å². The highest BCUT2D eigenvalue weighted by molar-refractivity contribution is 5.74. The molecule has 1 atom stereocenters. The van der Waals surface area contributed by atoms with Gasteiger partial charge in [0.05, 0.1) is 13.2 Å². The third kappa shape index (κ3) is 4.08. The van der Waals surface area contributed by atoms with E-state index in [-0.39, 0.29) is 11.9 Å². The van der Waals surface area contributed by atoms with Crippen LogP contribution in [0.5, 0.6) is 0 Å².